The number of hydrogen-bond acceptors (Lipinski definition) is 2. The van der Waals surface area contributed by atoms with Crippen molar-refractivity contribution in [1.82, 2.24) is 4.90 Å². The van der Waals surface area contributed by atoms with Crippen molar-refractivity contribution in [3.63, 3.8) is 0 Å². The Morgan fingerprint density at radius 1 is 1.67 bits per heavy atom. The van der Waals surface area contributed by atoms with Crippen LogP contribution in [0.2, 0.25) is 0 Å². The van der Waals surface area contributed by atoms with Gasteiger partial charge in [-0.05, 0) is 30.4 Å². The molecule has 0 aliphatic carbocycles. The van der Waals surface area contributed by atoms with E-state index >= 15 is 0 Å². The molecule has 0 saturated heterocycles. The molecule has 0 radical (unpaired) electrons. The average Bonchev–Trinajstić information content (AvgIpc) is 2.73. The molecule has 0 aromatic carbocycles. The molecular weight excluding hydrogens is 230 g/mol. The third-order valence-corrected chi connectivity index (χ3v) is 3.92. The quantitative estimate of drug-likeness (QED) is 0.747. The highest BCUT2D eigenvalue weighted by Gasteiger charge is 2.19. The predicted molar refractivity (Wildman–Crippen MR) is 66.0 cm³/mol. The largest absolute Gasteiger partial charge is 0.337 e. The fraction of sp³-hybridized carbons (Fsp3) is 0.545. The highest BCUT2D eigenvalue weighted by atomic mass is 35.5. The molecule has 0 aliphatic heterocycles. The summed E-state index contributed by atoms with van der Waals surface area (Å²) in [4.78, 5) is 14.6. The molecular formula is C11H16ClNOS. The van der Waals surface area contributed by atoms with Crippen LogP contribution < -0.4 is 0 Å². The minimum atomic E-state index is 0.0750. The van der Waals surface area contributed by atoms with Gasteiger partial charge in [0, 0.05) is 19.0 Å². The lowest BCUT2D eigenvalue weighted by atomic mass is 10.2. The van der Waals surface area contributed by atoms with Crippen molar-refractivity contribution < 1.29 is 4.79 Å². The summed E-state index contributed by atoms with van der Waals surface area (Å²) < 4.78 is 0. The molecule has 1 atom stereocenters. The Kier molecular flexibility index (Phi) is 4.61. The first kappa shape index (κ1) is 12.5. The van der Waals surface area contributed by atoms with Crippen molar-refractivity contribution >= 4 is 28.8 Å². The van der Waals surface area contributed by atoms with E-state index in [-0.39, 0.29) is 11.9 Å². The predicted octanol–water partition coefficient (Wildman–Crippen LogP) is 3.01. The van der Waals surface area contributed by atoms with Crippen molar-refractivity contribution in [3.05, 3.63) is 21.9 Å². The lowest BCUT2D eigenvalue weighted by Crippen LogP contribution is -2.36. The summed E-state index contributed by atoms with van der Waals surface area (Å²) in [5.74, 6) is 0.546. The standard InChI is InChI=1S/C11H16ClNOS/c1-4-9-5-6-15-10(9)11(14)13(3)8(2)7-12/h5-6,8H,4,7H2,1-3H3. The maximum Gasteiger partial charge on any atom is 0.264 e. The van der Waals surface area contributed by atoms with Gasteiger partial charge < -0.3 is 4.90 Å². The van der Waals surface area contributed by atoms with E-state index in [2.05, 4.69) is 6.92 Å². The number of carbonyl (C=O) groups is 1. The Morgan fingerprint density at radius 3 is 2.87 bits per heavy atom. The second-order valence-corrected chi connectivity index (χ2v) is 4.77. The fourth-order valence-electron chi connectivity index (χ4n) is 1.27. The van der Waals surface area contributed by atoms with Crippen LogP contribution in [-0.2, 0) is 6.42 Å². The molecule has 2 nitrogen and oxygen atoms in total. The van der Waals surface area contributed by atoms with Gasteiger partial charge in [0.05, 0.1) is 4.88 Å². The van der Waals surface area contributed by atoms with Crippen LogP contribution in [0.3, 0.4) is 0 Å². The monoisotopic (exact) mass is 245 g/mol. The molecule has 15 heavy (non-hydrogen) atoms. The van der Waals surface area contributed by atoms with Crippen molar-refractivity contribution in [2.24, 2.45) is 0 Å². The molecule has 1 amide bonds. The molecule has 1 unspecified atom stereocenters. The van der Waals surface area contributed by atoms with Crippen molar-refractivity contribution in [2.75, 3.05) is 12.9 Å². The molecule has 4 heteroatoms. The second kappa shape index (κ2) is 5.52. The van der Waals surface area contributed by atoms with Crippen LogP contribution >= 0.6 is 22.9 Å². The molecule has 0 aliphatic rings. The maximum absolute atomic E-state index is 12.1. The zero-order valence-electron chi connectivity index (χ0n) is 9.29. The summed E-state index contributed by atoms with van der Waals surface area (Å²) in [6, 6.07) is 2.09. The number of nitrogens with zero attached hydrogens (tertiary/aromatic N) is 1. The summed E-state index contributed by atoms with van der Waals surface area (Å²) in [5.41, 5.74) is 1.12. The number of aryl methyl sites for hydroxylation is 1. The maximum atomic E-state index is 12.1. The average molecular weight is 246 g/mol. The van der Waals surface area contributed by atoms with Gasteiger partial charge in [0.15, 0.2) is 0 Å². The van der Waals surface area contributed by atoms with Gasteiger partial charge in [0.1, 0.15) is 0 Å². The molecule has 0 spiro atoms. The van der Waals surface area contributed by atoms with Gasteiger partial charge in [0.2, 0.25) is 0 Å². The number of halogens is 1. The van der Waals surface area contributed by atoms with Crippen molar-refractivity contribution in [3.8, 4) is 0 Å². The number of hydrogen-bond donors (Lipinski definition) is 0. The van der Waals surface area contributed by atoms with Crippen LogP contribution in [0.15, 0.2) is 11.4 Å². The van der Waals surface area contributed by atoms with Crippen molar-refractivity contribution in [1.29, 1.82) is 0 Å². The number of rotatable bonds is 4. The van der Waals surface area contributed by atoms with Gasteiger partial charge in [0.25, 0.3) is 5.91 Å². The summed E-state index contributed by atoms with van der Waals surface area (Å²) >= 11 is 7.24. The lowest BCUT2D eigenvalue weighted by Gasteiger charge is -2.22. The van der Waals surface area contributed by atoms with E-state index in [1.807, 2.05) is 18.4 Å². The third kappa shape index (κ3) is 2.73. The summed E-state index contributed by atoms with van der Waals surface area (Å²) in [5, 5.41) is 1.96. The Morgan fingerprint density at radius 2 is 2.33 bits per heavy atom. The summed E-state index contributed by atoms with van der Waals surface area (Å²) in [7, 11) is 1.80. The fourth-order valence-corrected chi connectivity index (χ4v) is 2.45. The van der Waals surface area contributed by atoms with E-state index in [0.717, 1.165) is 16.9 Å². The van der Waals surface area contributed by atoms with Gasteiger partial charge in [-0.15, -0.1) is 22.9 Å². The first-order valence-corrected chi connectivity index (χ1v) is 6.42. The summed E-state index contributed by atoms with van der Waals surface area (Å²) in [6.45, 7) is 4.01. The van der Waals surface area contributed by atoms with E-state index in [1.165, 1.54) is 11.3 Å². The zero-order chi connectivity index (χ0) is 11.4. The van der Waals surface area contributed by atoms with E-state index in [9.17, 15) is 4.79 Å². The van der Waals surface area contributed by atoms with E-state index in [4.69, 9.17) is 11.6 Å². The van der Waals surface area contributed by atoms with Gasteiger partial charge in [-0.3, -0.25) is 4.79 Å². The van der Waals surface area contributed by atoms with E-state index < -0.39 is 0 Å². The lowest BCUT2D eigenvalue weighted by molar-refractivity contribution is 0.0760. The molecule has 0 bridgehead atoms. The Bertz CT molecular complexity index is 337. The number of carbonyl (C=O) groups excluding carboxylic acids is 1. The van der Waals surface area contributed by atoms with Gasteiger partial charge in [-0.25, -0.2) is 0 Å². The van der Waals surface area contributed by atoms with Crippen LogP contribution in [-0.4, -0.2) is 29.8 Å². The van der Waals surface area contributed by atoms with Gasteiger partial charge in [-0.1, -0.05) is 6.92 Å². The van der Waals surface area contributed by atoms with Crippen molar-refractivity contribution in [2.45, 2.75) is 26.3 Å². The van der Waals surface area contributed by atoms with Crippen LogP contribution in [0, 0.1) is 0 Å². The van der Waals surface area contributed by atoms with Crippen LogP contribution in [0.5, 0.6) is 0 Å². The van der Waals surface area contributed by atoms with Crippen LogP contribution in [0.1, 0.15) is 29.1 Å². The molecule has 1 aromatic rings. The Hall–Kier alpha value is -0.540. The Balaban J connectivity index is 2.84. The van der Waals surface area contributed by atoms with Crippen LogP contribution in [0.25, 0.3) is 0 Å². The molecule has 0 N–H and O–H groups in total. The SMILES string of the molecule is CCc1ccsc1C(=O)N(C)C(C)CCl. The van der Waals surface area contributed by atoms with Gasteiger partial charge in [-0.2, -0.15) is 0 Å². The smallest absolute Gasteiger partial charge is 0.264 e. The molecule has 1 heterocycles. The van der Waals surface area contributed by atoms with E-state index in [1.54, 1.807) is 11.9 Å². The molecule has 1 rings (SSSR count). The first-order valence-electron chi connectivity index (χ1n) is 5.01. The second-order valence-electron chi connectivity index (χ2n) is 3.55. The summed E-state index contributed by atoms with van der Waals surface area (Å²) in [6.07, 6.45) is 0.896. The zero-order valence-corrected chi connectivity index (χ0v) is 10.9. The highest BCUT2D eigenvalue weighted by molar-refractivity contribution is 7.12. The number of amides is 1. The highest BCUT2D eigenvalue weighted by Crippen LogP contribution is 2.20. The Labute approximate surface area is 99.9 Å². The minimum absolute atomic E-state index is 0.0750. The van der Waals surface area contributed by atoms with Crippen LogP contribution in [0.4, 0.5) is 0 Å². The first-order chi connectivity index (χ1) is 7.11. The number of alkyl halides is 1. The minimum Gasteiger partial charge on any atom is -0.337 e. The number of thiophene rings is 1. The molecule has 84 valence electrons. The third-order valence-electron chi connectivity index (χ3n) is 2.53. The topological polar surface area (TPSA) is 20.3 Å². The van der Waals surface area contributed by atoms with Gasteiger partial charge >= 0.3 is 0 Å². The normalized spacial score (nSPS) is 12.5. The van der Waals surface area contributed by atoms with E-state index in [0.29, 0.717) is 5.88 Å². The molecule has 1 aromatic heterocycles. The molecule has 0 saturated carbocycles. The molecule has 0 fully saturated rings.